The van der Waals surface area contributed by atoms with Gasteiger partial charge >= 0.3 is 0 Å². The molecule has 0 fully saturated rings. The van der Waals surface area contributed by atoms with Gasteiger partial charge in [-0.15, -0.1) is 12.4 Å². The largest absolute Gasteiger partial charge is 0.362 e. The fourth-order valence-electron chi connectivity index (χ4n) is 1.36. The monoisotopic (exact) mass is 258 g/mol. The highest BCUT2D eigenvalue weighted by atomic mass is 35.5. The Morgan fingerprint density at radius 3 is 2.11 bits per heavy atom. The van der Waals surface area contributed by atoms with Gasteiger partial charge in [-0.1, -0.05) is 36.4 Å². The van der Waals surface area contributed by atoms with E-state index in [4.69, 9.17) is 0 Å². The number of rotatable bonds is 4. The molecule has 0 aliphatic rings. The molecule has 0 unspecified atom stereocenters. The van der Waals surface area contributed by atoms with E-state index in [1.54, 1.807) is 6.21 Å². The van der Waals surface area contributed by atoms with Crippen LogP contribution in [0.15, 0.2) is 77.9 Å². The number of hydrogen-bond acceptors (Lipinski definition) is 2. The van der Waals surface area contributed by atoms with E-state index in [1.165, 1.54) is 0 Å². The molecule has 1 N–H and O–H groups in total. The van der Waals surface area contributed by atoms with Crippen LogP contribution in [-0.2, 0) is 0 Å². The number of para-hydroxylation sites is 2. The summed E-state index contributed by atoms with van der Waals surface area (Å²) in [6, 6.07) is 19.9. The van der Waals surface area contributed by atoms with E-state index in [-0.39, 0.29) is 12.4 Å². The average molecular weight is 259 g/mol. The van der Waals surface area contributed by atoms with Crippen LogP contribution in [0.2, 0.25) is 0 Å². The predicted octanol–water partition coefficient (Wildman–Crippen LogP) is 4.44. The van der Waals surface area contributed by atoms with E-state index >= 15 is 0 Å². The van der Waals surface area contributed by atoms with Gasteiger partial charge in [0.15, 0.2) is 0 Å². The van der Waals surface area contributed by atoms with Crippen LogP contribution >= 0.6 is 12.4 Å². The maximum absolute atomic E-state index is 4.29. The quantitative estimate of drug-likeness (QED) is 0.806. The van der Waals surface area contributed by atoms with E-state index in [0.29, 0.717) is 0 Å². The van der Waals surface area contributed by atoms with Gasteiger partial charge in [-0.05, 0) is 30.3 Å². The topological polar surface area (TPSA) is 24.4 Å². The highest BCUT2D eigenvalue weighted by molar-refractivity contribution is 5.85. The number of anilines is 1. The Kier molecular flexibility index (Phi) is 6.30. The van der Waals surface area contributed by atoms with Crippen LogP contribution in [0, 0.1) is 0 Å². The van der Waals surface area contributed by atoms with Crippen molar-refractivity contribution in [1.29, 1.82) is 0 Å². The Morgan fingerprint density at radius 2 is 1.44 bits per heavy atom. The molecular formula is C15H15ClN2. The van der Waals surface area contributed by atoms with Crippen LogP contribution in [0.5, 0.6) is 0 Å². The lowest BCUT2D eigenvalue weighted by Crippen LogP contribution is -1.85. The molecule has 2 aromatic carbocycles. The van der Waals surface area contributed by atoms with Gasteiger partial charge in [-0.2, -0.15) is 0 Å². The number of halogens is 1. The molecule has 0 aromatic heterocycles. The summed E-state index contributed by atoms with van der Waals surface area (Å²) in [6.45, 7) is 0. The molecule has 92 valence electrons. The van der Waals surface area contributed by atoms with Crippen molar-refractivity contribution in [3.8, 4) is 0 Å². The summed E-state index contributed by atoms with van der Waals surface area (Å²) in [6.07, 6.45) is 5.51. The molecule has 3 heteroatoms. The highest BCUT2D eigenvalue weighted by Gasteiger charge is 1.83. The zero-order valence-corrected chi connectivity index (χ0v) is 10.7. The van der Waals surface area contributed by atoms with Crippen LogP contribution < -0.4 is 5.32 Å². The van der Waals surface area contributed by atoms with Crippen LogP contribution in [0.3, 0.4) is 0 Å². The molecule has 0 aliphatic carbocycles. The van der Waals surface area contributed by atoms with Crippen LogP contribution in [0.25, 0.3) is 0 Å². The first-order valence-electron chi connectivity index (χ1n) is 5.51. The maximum Gasteiger partial charge on any atom is 0.0629 e. The number of allylic oxidation sites excluding steroid dienone is 1. The molecule has 2 nitrogen and oxygen atoms in total. The van der Waals surface area contributed by atoms with Crippen molar-refractivity contribution in [1.82, 2.24) is 0 Å². The van der Waals surface area contributed by atoms with Gasteiger partial charge in [0.05, 0.1) is 5.69 Å². The third-order valence-electron chi connectivity index (χ3n) is 2.19. The third kappa shape index (κ3) is 4.85. The summed E-state index contributed by atoms with van der Waals surface area (Å²) in [4.78, 5) is 4.29. The van der Waals surface area contributed by atoms with Crippen molar-refractivity contribution in [3.05, 3.63) is 72.9 Å². The van der Waals surface area contributed by atoms with Crippen LogP contribution in [-0.4, -0.2) is 6.21 Å². The van der Waals surface area contributed by atoms with E-state index < -0.39 is 0 Å². The first-order valence-corrected chi connectivity index (χ1v) is 5.51. The fourth-order valence-corrected chi connectivity index (χ4v) is 1.36. The minimum absolute atomic E-state index is 0. The predicted molar refractivity (Wildman–Crippen MR) is 81.0 cm³/mol. The zero-order chi connectivity index (χ0) is 11.8. The molecule has 2 aromatic rings. The van der Waals surface area contributed by atoms with Gasteiger partial charge < -0.3 is 5.32 Å². The summed E-state index contributed by atoms with van der Waals surface area (Å²) in [5.74, 6) is 0. The number of nitrogens with zero attached hydrogens (tertiary/aromatic N) is 1. The van der Waals surface area contributed by atoms with Crippen molar-refractivity contribution < 1.29 is 0 Å². The molecule has 0 radical (unpaired) electrons. The Labute approximate surface area is 113 Å². The van der Waals surface area contributed by atoms with Crippen molar-refractivity contribution in [2.75, 3.05) is 5.32 Å². The van der Waals surface area contributed by atoms with E-state index in [9.17, 15) is 0 Å². The maximum atomic E-state index is 4.29. The second kappa shape index (κ2) is 8.09. The fraction of sp³-hybridized carbons (Fsp3) is 0. The second-order valence-electron chi connectivity index (χ2n) is 3.48. The van der Waals surface area contributed by atoms with Gasteiger partial charge in [-0.3, -0.25) is 4.99 Å². The van der Waals surface area contributed by atoms with Crippen LogP contribution in [0.1, 0.15) is 0 Å². The van der Waals surface area contributed by atoms with E-state index in [0.717, 1.165) is 11.4 Å². The Hall–Kier alpha value is -2.06. The molecule has 0 atom stereocenters. The average Bonchev–Trinajstić information content (AvgIpc) is 2.41. The van der Waals surface area contributed by atoms with Gasteiger partial charge in [0.2, 0.25) is 0 Å². The number of aliphatic imine (C=N–C) groups is 1. The van der Waals surface area contributed by atoms with Crippen molar-refractivity contribution in [2.24, 2.45) is 4.99 Å². The molecule has 0 saturated carbocycles. The minimum atomic E-state index is 0. The normalized spacial score (nSPS) is 10.4. The summed E-state index contributed by atoms with van der Waals surface area (Å²) < 4.78 is 0. The summed E-state index contributed by atoms with van der Waals surface area (Å²) in [7, 11) is 0. The Morgan fingerprint density at radius 1 is 0.833 bits per heavy atom. The first kappa shape index (κ1) is 14.0. The van der Waals surface area contributed by atoms with Crippen molar-refractivity contribution in [3.63, 3.8) is 0 Å². The lowest BCUT2D eigenvalue weighted by Gasteiger charge is -1.97. The van der Waals surface area contributed by atoms with Gasteiger partial charge in [0.1, 0.15) is 0 Å². The Balaban J connectivity index is 0.00000162. The highest BCUT2D eigenvalue weighted by Crippen LogP contribution is 2.08. The lowest BCUT2D eigenvalue weighted by atomic mass is 10.3. The summed E-state index contributed by atoms with van der Waals surface area (Å²) >= 11 is 0. The Bertz CT molecular complexity index is 492. The molecule has 0 bridgehead atoms. The number of benzene rings is 2. The minimum Gasteiger partial charge on any atom is -0.362 e. The molecule has 0 amide bonds. The van der Waals surface area contributed by atoms with E-state index in [2.05, 4.69) is 10.3 Å². The van der Waals surface area contributed by atoms with Gasteiger partial charge in [0, 0.05) is 18.1 Å². The summed E-state index contributed by atoms with van der Waals surface area (Å²) in [5.41, 5.74) is 2.02. The van der Waals surface area contributed by atoms with Gasteiger partial charge in [0.25, 0.3) is 0 Å². The summed E-state index contributed by atoms with van der Waals surface area (Å²) in [5, 5.41) is 3.16. The molecule has 0 heterocycles. The zero-order valence-electron chi connectivity index (χ0n) is 9.86. The SMILES string of the molecule is C(/C=C\Nc1ccccc1)=Nc1ccccc1.Cl. The van der Waals surface area contributed by atoms with Gasteiger partial charge in [-0.25, -0.2) is 0 Å². The van der Waals surface area contributed by atoms with Crippen molar-refractivity contribution >= 4 is 30.0 Å². The van der Waals surface area contributed by atoms with E-state index in [1.807, 2.05) is 72.9 Å². The molecular weight excluding hydrogens is 244 g/mol. The molecule has 0 spiro atoms. The molecule has 2 rings (SSSR count). The smallest absolute Gasteiger partial charge is 0.0629 e. The number of nitrogens with one attached hydrogen (secondary N) is 1. The first-order chi connectivity index (χ1) is 8.45. The lowest BCUT2D eigenvalue weighted by molar-refractivity contribution is 1.54. The number of hydrogen-bond donors (Lipinski definition) is 1. The molecule has 0 aliphatic heterocycles. The standard InChI is InChI=1S/C15H14N2.ClH/c1-3-8-14(9-4-1)16-12-7-13-17-15-10-5-2-6-11-15;/h1-13,16H;1H/b12-7-,17-13?;. The van der Waals surface area contributed by atoms with Crippen LogP contribution in [0.4, 0.5) is 11.4 Å². The third-order valence-corrected chi connectivity index (χ3v) is 2.19. The molecule has 0 saturated heterocycles. The van der Waals surface area contributed by atoms with Crippen molar-refractivity contribution in [2.45, 2.75) is 0 Å². The second-order valence-corrected chi connectivity index (χ2v) is 3.48. The molecule has 18 heavy (non-hydrogen) atoms.